The maximum Gasteiger partial charge on any atom is 0.264 e. The third kappa shape index (κ3) is 6.40. The number of nitrogens with one attached hydrogen (secondary N) is 1. The topological polar surface area (TPSA) is 88.1 Å². The molecule has 1 saturated heterocycles. The molecule has 1 N–H and O–H groups in total. The predicted octanol–water partition coefficient (Wildman–Crippen LogP) is 4.80. The summed E-state index contributed by atoms with van der Waals surface area (Å²) in [6.45, 7) is 3.15. The number of aryl methyl sites for hydroxylation is 2. The van der Waals surface area contributed by atoms with Gasteiger partial charge in [-0.25, -0.2) is 13.8 Å². The Morgan fingerprint density at radius 1 is 1.14 bits per heavy atom. The molecule has 0 aromatic heterocycles. The second-order valence-corrected chi connectivity index (χ2v) is 11.8. The van der Waals surface area contributed by atoms with E-state index in [1.54, 1.807) is 37.3 Å². The van der Waals surface area contributed by atoms with Crippen molar-refractivity contribution in [1.29, 1.82) is 0 Å². The maximum absolute atomic E-state index is 13.5. The van der Waals surface area contributed by atoms with E-state index in [0.717, 1.165) is 32.7 Å². The molecule has 0 bridgehead atoms. The molecule has 36 heavy (non-hydrogen) atoms. The van der Waals surface area contributed by atoms with Gasteiger partial charge in [-0.3, -0.25) is 9.10 Å². The Hall–Kier alpha value is -3.01. The lowest BCUT2D eigenvalue weighted by Gasteiger charge is -2.25. The van der Waals surface area contributed by atoms with Crippen molar-refractivity contribution in [3.8, 4) is 5.75 Å². The van der Waals surface area contributed by atoms with Crippen LogP contribution in [0.25, 0.3) is 0 Å². The monoisotopic (exact) mass is 543 g/mol. The molecule has 7 nitrogen and oxygen atoms in total. The molecule has 0 radical (unpaired) electrons. The van der Waals surface area contributed by atoms with Gasteiger partial charge in [-0.1, -0.05) is 41.4 Å². The molecule has 0 spiro atoms. The Morgan fingerprint density at radius 2 is 1.89 bits per heavy atom. The van der Waals surface area contributed by atoms with Gasteiger partial charge < -0.3 is 4.74 Å². The Bertz CT molecular complexity index is 1370. The van der Waals surface area contributed by atoms with Gasteiger partial charge in [-0.05, 0) is 67.4 Å². The summed E-state index contributed by atoms with van der Waals surface area (Å²) < 4.78 is 34.0. The average Bonchev–Trinajstić information content (AvgIpc) is 2.81. The Morgan fingerprint density at radius 3 is 2.56 bits per heavy atom. The first-order valence-corrected chi connectivity index (χ1v) is 14.2. The number of hydrogen-bond donors (Lipinski definition) is 1. The molecule has 0 aliphatic carbocycles. The van der Waals surface area contributed by atoms with Gasteiger partial charge in [0.2, 0.25) is 0 Å². The van der Waals surface area contributed by atoms with Crippen molar-refractivity contribution in [1.82, 2.24) is 5.43 Å². The number of hydrogen-bond acceptors (Lipinski definition) is 6. The van der Waals surface area contributed by atoms with Crippen LogP contribution < -0.4 is 14.5 Å². The van der Waals surface area contributed by atoms with Crippen molar-refractivity contribution in [2.75, 3.05) is 22.4 Å². The number of carbonyl (C=O) groups excluding carboxylic acids is 1. The van der Waals surface area contributed by atoms with Crippen LogP contribution in [-0.4, -0.2) is 44.7 Å². The molecule has 1 aliphatic rings. The van der Waals surface area contributed by atoms with Gasteiger partial charge in [-0.15, -0.1) is 0 Å². The minimum absolute atomic E-state index is 0.0837. The molecule has 3 aromatic rings. The van der Waals surface area contributed by atoms with Gasteiger partial charge in [0.25, 0.3) is 15.9 Å². The number of hydrazone groups is 1. The molecule has 3 aromatic carbocycles. The third-order valence-electron chi connectivity index (χ3n) is 5.49. The lowest BCUT2D eigenvalue weighted by atomic mass is 10.2. The Balaban J connectivity index is 1.51. The summed E-state index contributed by atoms with van der Waals surface area (Å²) in [5.41, 5.74) is 5.09. The van der Waals surface area contributed by atoms with Gasteiger partial charge >= 0.3 is 0 Å². The first kappa shape index (κ1) is 26.1. The van der Waals surface area contributed by atoms with Crippen LogP contribution in [0.15, 0.2) is 76.7 Å². The second kappa shape index (κ2) is 11.4. The van der Waals surface area contributed by atoms with Crippen molar-refractivity contribution in [2.24, 2.45) is 5.10 Å². The largest absolute Gasteiger partial charge is 0.489 e. The van der Waals surface area contributed by atoms with E-state index in [1.807, 2.05) is 43.0 Å². The predicted molar refractivity (Wildman–Crippen MR) is 146 cm³/mol. The van der Waals surface area contributed by atoms with Crippen LogP contribution in [0.1, 0.15) is 16.7 Å². The van der Waals surface area contributed by atoms with Crippen LogP contribution in [-0.2, 0) is 14.8 Å². The number of ether oxygens (including phenoxy) is 1. The minimum Gasteiger partial charge on any atom is -0.489 e. The molecule has 1 amide bonds. The van der Waals surface area contributed by atoms with E-state index in [-0.39, 0.29) is 11.0 Å². The molecule has 1 aliphatic heterocycles. The summed E-state index contributed by atoms with van der Waals surface area (Å²) in [7, 11) is -4.03. The quantitative estimate of drug-likeness (QED) is 0.309. The summed E-state index contributed by atoms with van der Waals surface area (Å²) in [5, 5.41) is 4.49. The van der Waals surface area contributed by atoms with Gasteiger partial charge in [0.05, 0.1) is 16.8 Å². The summed E-state index contributed by atoms with van der Waals surface area (Å²) in [6.07, 6.45) is 1.71. The zero-order valence-corrected chi connectivity index (χ0v) is 22.2. The molecule has 188 valence electrons. The fourth-order valence-electron chi connectivity index (χ4n) is 3.52. The summed E-state index contributed by atoms with van der Waals surface area (Å²) in [4.78, 5) is 12.9. The van der Waals surface area contributed by atoms with Gasteiger partial charge in [0.1, 0.15) is 18.4 Å². The SMILES string of the molecule is Cc1ccc(S(=O)(=O)N(CC(=O)N/N=C\c2cccc(OC3CSC3)c2)c2ccc(Cl)cc2C)cc1. The fourth-order valence-corrected chi connectivity index (χ4v) is 5.80. The first-order chi connectivity index (χ1) is 17.2. The van der Waals surface area contributed by atoms with E-state index in [1.165, 1.54) is 18.3 Å². The van der Waals surface area contributed by atoms with Crippen molar-refractivity contribution in [3.05, 3.63) is 88.4 Å². The van der Waals surface area contributed by atoms with Crippen molar-refractivity contribution < 1.29 is 17.9 Å². The number of rotatable bonds is 9. The van der Waals surface area contributed by atoms with E-state index in [9.17, 15) is 13.2 Å². The molecule has 0 saturated carbocycles. The molecule has 1 fully saturated rings. The number of amides is 1. The zero-order valence-electron chi connectivity index (χ0n) is 19.8. The lowest BCUT2D eigenvalue weighted by Crippen LogP contribution is -2.40. The standard InChI is InChI=1S/C26H26ClN3O4S2/c1-18-6-9-24(10-7-18)36(32,33)30(25-11-8-21(27)12-19(25)2)15-26(31)29-28-14-20-4-3-5-22(13-20)34-23-16-35-17-23/h3-14,23H,15-17H2,1-2H3,(H,29,31)/b28-14-. The molecular formula is C26H26ClN3O4S2. The van der Waals surface area contributed by atoms with E-state index < -0.39 is 22.5 Å². The highest BCUT2D eigenvalue weighted by atomic mass is 35.5. The number of halogens is 1. The minimum atomic E-state index is -4.03. The average molecular weight is 544 g/mol. The molecule has 4 rings (SSSR count). The Labute approximate surface area is 220 Å². The van der Waals surface area contributed by atoms with Crippen LogP contribution >= 0.6 is 23.4 Å². The van der Waals surface area contributed by atoms with Crippen LogP contribution in [0.5, 0.6) is 5.75 Å². The lowest BCUT2D eigenvalue weighted by molar-refractivity contribution is -0.119. The third-order valence-corrected chi connectivity index (χ3v) is 8.72. The summed E-state index contributed by atoms with van der Waals surface area (Å²) in [5.74, 6) is 2.10. The van der Waals surface area contributed by atoms with Crippen molar-refractivity contribution >= 4 is 51.2 Å². The Kier molecular flexibility index (Phi) is 8.23. The highest BCUT2D eigenvalue weighted by Crippen LogP contribution is 2.29. The van der Waals surface area contributed by atoms with Gasteiger partial charge in [-0.2, -0.15) is 16.9 Å². The van der Waals surface area contributed by atoms with Gasteiger partial charge in [0, 0.05) is 16.5 Å². The number of carbonyl (C=O) groups is 1. The number of sulfonamides is 1. The highest BCUT2D eigenvalue weighted by molar-refractivity contribution is 8.00. The highest BCUT2D eigenvalue weighted by Gasteiger charge is 2.28. The van der Waals surface area contributed by atoms with E-state index in [2.05, 4.69) is 10.5 Å². The van der Waals surface area contributed by atoms with Crippen molar-refractivity contribution in [2.45, 2.75) is 24.8 Å². The molecule has 1 heterocycles. The fraction of sp³-hybridized carbons (Fsp3) is 0.231. The summed E-state index contributed by atoms with van der Waals surface area (Å²) in [6, 6.07) is 18.7. The molecule has 0 atom stereocenters. The second-order valence-electron chi connectivity index (χ2n) is 8.40. The number of anilines is 1. The first-order valence-electron chi connectivity index (χ1n) is 11.2. The smallest absolute Gasteiger partial charge is 0.264 e. The van der Waals surface area contributed by atoms with E-state index in [0.29, 0.717) is 16.3 Å². The normalized spacial score (nSPS) is 13.9. The summed E-state index contributed by atoms with van der Waals surface area (Å²) >= 11 is 7.92. The number of benzene rings is 3. The van der Waals surface area contributed by atoms with Crippen LogP contribution in [0.4, 0.5) is 5.69 Å². The van der Waals surface area contributed by atoms with Gasteiger partial charge in [0.15, 0.2) is 0 Å². The molecular weight excluding hydrogens is 518 g/mol. The maximum atomic E-state index is 13.5. The number of nitrogens with zero attached hydrogens (tertiary/aromatic N) is 2. The molecule has 0 unspecified atom stereocenters. The van der Waals surface area contributed by atoms with Crippen LogP contribution in [0.2, 0.25) is 5.02 Å². The van der Waals surface area contributed by atoms with E-state index in [4.69, 9.17) is 16.3 Å². The zero-order chi connectivity index (χ0) is 25.7. The molecule has 10 heteroatoms. The number of thioether (sulfide) groups is 1. The van der Waals surface area contributed by atoms with Crippen molar-refractivity contribution in [3.63, 3.8) is 0 Å². The van der Waals surface area contributed by atoms with E-state index >= 15 is 0 Å². The van der Waals surface area contributed by atoms with Crippen LogP contribution in [0.3, 0.4) is 0 Å². The van der Waals surface area contributed by atoms with Crippen LogP contribution in [0, 0.1) is 13.8 Å².